The molecule has 0 saturated heterocycles. The van der Waals surface area contributed by atoms with E-state index in [-0.39, 0.29) is 21.7 Å². The van der Waals surface area contributed by atoms with Crippen LogP contribution >= 0.6 is 11.3 Å². The van der Waals surface area contributed by atoms with E-state index in [1.54, 1.807) is 0 Å². The minimum Gasteiger partial charge on any atom is -0.469 e. The van der Waals surface area contributed by atoms with Gasteiger partial charge in [0.05, 0.1) is 16.9 Å². The van der Waals surface area contributed by atoms with Gasteiger partial charge in [-0.15, -0.1) is 11.3 Å². The van der Waals surface area contributed by atoms with E-state index in [1.165, 1.54) is 109 Å². The Morgan fingerprint density at radius 2 is 1.23 bits per heavy atom. The van der Waals surface area contributed by atoms with E-state index in [1.807, 2.05) is 11.3 Å². The molecule has 344 valence electrons. The number of hydrogen-bond acceptors (Lipinski definition) is 3. The summed E-state index contributed by atoms with van der Waals surface area (Å²) in [5.74, 6) is 0. The maximum Gasteiger partial charge on any atom is 0.244 e. The summed E-state index contributed by atoms with van der Waals surface area (Å²) in [6, 6.07) is 55.3. The van der Waals surface area contributed by atoms with E-state index in [0.29, 0.717) is 7.28 Å². The van der Waals surface area contributed by atoms with Crippen molar-refractivity contribution in [1.29, 1.82) is 0 Å². The molecule has 0 atom stereocenters. The van der Waals surface area contributed by atoms with Gasteiger partial charge >= 0.3 is 0 Å². The molecule has 0 bridgehead atoms. The molecule has 0 fully saturated rings. The van der Waals surface area contributed by atoms with Crippen LogP contribution in [0.25, 0.3) is 92.0 Å². The molecule has 11 aromatic rings. The van der Waals surface area contributed by atoms with E-state index >= 15 is 0 Å². The summed E-state index contributed by atoms with van der Waals surface area (Å²) in [6.07, 6.45) is 0. The van der Waals surface area contributed by atoms with Gasteiger partial charge in [0.2, 0.25) is 7.28 Å². The van der Waals surface area contributed by atoms with Crippen molar-refractivity contribution in [3.05, 3.63) is 173 Å². The Morgan fingerprint density at radius 3 is 1.97 bits per heavy atom. The van der Waals surface area contributed by atoms with Crippen molar-refractivity contribution in [3.63, 3.8) is 0 Å². The molecule has 0 saturated carbocycles. The topological polar surface area (TPSA) is 30.1 Å². The second-order valence-corrected chi connectivity index (χ2v) is 24.9. The van der Waals surface area contributed by atoms with Crippen LogP contribution in [0.3, 0.4) is 0 Å². The van der Waals surface area contributed by atoms with Crippen molar-refractivity contribution >= 4 is 94.1 Å². The lowest BCUT2D eigenvalue weighted by Gasteiger charge is -2.28. The van der Waals surface area contributed by atoms with Crippen LogP contribution in [0.4, 0.5) is 11.4 Å². The van der Waals surface area contributed by atoms with E-state index in [2.05, 4.69) is 232 Å². The summed E-state index contributed by atoms with van der Waals surface area (Å²) in [6.45, 7) is 25.7. The quantitative estimate of drug-likeness (QED) is 0.178. The number of aromatic nitrogens is 1. The van der Waals surface area contributed by atoms with Crippen LogP contribution in [-0.4, -0.2) is 11.8 Å². The summed E-state index contributed by atoms with van der Waals surface area (Å²) >= 11 is 1.91. The number of nitrogens with zero attached hydrogens (tertiary/aromatic N) is 1. The number of nitrogens with one attached hydrogen (secondary N) is 1. The predicted molar refractivity (Wildman–Crippen MR) is 304 cm³/mol. The van der Waals surface area contributed by atoms with Gasteiger partial charge in [-0.2, -0.15) is 0 Å². The van der Waals surface area contributed by atoms with E-state index < -0.39 is 0 Å². The Hall–Kier alpha value is -6.82. The Balaban J connectivity index is 1.19. The van der Waals surface area contributed by atoms with Crippen molar-refractivity contribution in [2.24, 2.45) is 0 Å². The normalized spacial score (nSPS) is 14.2. The SMILES string of the molecule is CC(C)(C)c1ccc(Nc2cc3sc4cc(C(C)(C)C)ccc4c3cc2-c2c3c(c4c5cc(C(C)(C)C)ccc5n5c4c2Bc2oc4ccc(-c6ccccc6)cc4c2-5)C(C)(C)c2ccccc2-3)cc1. The summed E-state index contributed by atoms with van der Waals surface area (Å²) in [4.78, 5) is 0. The van der Waals surface area contributed by atoms with E-state index in [0.717, 1.165) is 33.7 Å². The van der Waals surface area contributed by atoms with Crippen molar-refractivity contribution in [3.8, 4) is 39.1 Å². The highest BCUT2D eigenvalue weighted by atomic mass is 32.1. The average molecular weight is 927 g/mol. The maximum atomic E-state index is 7.17. The fourth-order valence-corrected chi connectivity index (χ4v) is 13.2. The number of anilines is 2. The zero-order valence-electron chi connectivity index (χ0n) is 42.3. The summed E-state index contributed by atoms with van der Waals surface area (Å²) < 4.78 is 12.4. The fourth-order valence-electron chi connectivity index (χ4n) is 12.1. The molecule has 0 amide bonds. The smallest absolute Gasteiger partial charge is 0.244 e. The molecule has 70 heavy (non-hydrogen) atoms. The van der Waals surface area contributed by atoms with Crippen LogP contribution in [0.2, 0.25) is 0 Å². The number of furan rings is 1. The minimum absolute atomic E-state index is 0.0384. The van der Waals surface area contributed by atoms with Crippen molar-refractivity contribution < 1.29 is 4.42 Å². The summed E-state index contributed by atoms with van der Waals surface area (Å²) in [7, 11) is 0.659. The maximum absolute atomic E-state index is 7.17. The molecule has 8 aromatic carbocycles. The van der Waals surface area contributed by atoms with Crippen LogP contribution in [0.15, 0.2) is 150 Å². The molecule has 0 spiro atoms. The first kappa shape index (κ1) is 43.2. The average Bonchev–Trinajstić information content (AvgIpc) is 4.04. The highest BCUT2D eigenvalue weighted by molar-refractivity contribution is 7.25. The molecule has 0 radical (unpaired) electrons. The monoisotopic (exact) mass is 926 g/mol. The fraction of sp³-hybridized carbons (Fsp3) is 0.231. The first-order valence-corrected chi connectivity index (χ1v) is 25.9. The van der Waals surface area contributed by atoms with Gasteiger partial charge in [-0.25, -0.2) is 0 Å². The highest BCUT2D eigenvalue weighted by Crippen LogP contribution is 2.58. The second kappa shape index (κ2) is 14.6. The zero-order chi connectivity index (χ0) is 48.4. The van der Waals surface area contributed by atoms with Gasteiger partial charge in [0, 0.05) is 64.2 Å². The molecule has 1 aliphatic carbocycles. The van der Waals surface area contributed by atoms with Gasteiger partial charge < -0.3 is 14.3 Å². The molecule has 2 aliphatic rings. The Morgan fingerprint density at radius 1 is 0.557 bits per heavy atom. The van der Waals surface area contributed by atoms with Crippen LogP contribution in [0.5, 0.6) is 0 Å². The van der Waals surface area contributed by atoms with Gasteiger partial charge in [-0.1, -0.05) is 167 Å². The second-order valence-electron chi connectivity index (χ2n) is 23.9. The van der Waals surface area contributed by atoms with Crippen molar-refractivity contribution in [1.82, 2.24) is 4.57 Å². The molecule has 1 N–H and O–H groups in total. The molecule has 3 nitrogen and oxygen atoms in total. The van der Waals surface area contributed by atoms with Crippen molar-refractivity contribution in [2.45, 2.75) is 97.8 Å². The molecule has 3 aromatic heterocycles. The predicted octanol–water partition coefficient (Wildman–Crippen LogP) is 16.9. The first-order valence-electron chi connectivity index (χ1n) is 25.1. The van der Waals surface area contributed by atoms with Gasteiger partial charge in [0.25, 0.3) is 0 Å². The lowest BCUT2D eigenvalue weighted by atomic mass is 9.60. The third-order valence-electron chi connectivity index (χ3n) is 15.8. The van der Waals surface area contributed by atoms with Gasteiger partial charge in [0.15, 0.2) is 0 Å². The molecular formula is C65H59BN2OS. The zero-order valence-corrected chi connectivity index (χ0v) is 43.1. The van der Waals surface area contributed by atoms with Crippen LogP contribution in [0.1, 0.15) is 104 Å². The van der Waals surface area contributed by atoms with Crippen LogP contribution < -0.4 is 16.4 Å². The molecule has 5 heteroatoms. The molecule has 0 unspecified atom stereocenters. The molecular weight excluding hydrogens is 868 g/mol. The van der Waals surface area contributed by atoms with Crippen LogP contribution in [-0.2, 0) is 21.7 Å². The standard InChI is InChI=1S/C65H59BN2OS/c1-62(2,3)38-22-26-41(27-23-38)67-49-35-53-44(42-28-24-40(64(7,8)9)33-52(42)70-53)34-45(49)55-54-43-19-15-16-20-48(43)65(10,11)57(54)56-46-32-39(63(4,5)6)25-29-50(46)68-59-47-31-37(36-17-13-12-14-18-36)21-30-51(47)69-61(59)66-58(55)60(56)68/h12-35,66-67H,1-11H3. The number of benzene rings is 8. The van der Waals surface area contributed by atoms with Gasteiger partial charge in [-0.05, 0) is 132 Å². The lowest BCUT2D eigenvalue weighted by molar-refractivity contribution is 0.590. The number of fused-ring (bicyclic) bond motifs is 14. The van der Waals surface area contributed by atoms with Crippen LogP contribution in [0, 0.1) is 0 Å². The largest absolute Gasteiger partial charge is 0.469 e. The molecule has 13 rings (SSSR count). The third kappa shape index (κ3) is 6.33. The highest BCUT2D eigenvalue weighted by Gasteiger charge is 2.44. The van der Waals surface area contributed by atoms with Gasteiger partial charge in [-0.3, -0.25) is 0 Å². The van der Waals surface area contributed by atoms with Gasteiger partial charge in [0.1, 0.15) is 5.58 Å². The van der Waals surface area contributed by atoms with E-state index in [9.17, 15) is 0 Å². The number of thiophene rings is 1. The summed E-state index contributed by atoms with van der Waals surface area (Å²) in [5, 5.41) is 10.5. The third-order valence-corrected chi connectivity index (χ3v) is 17.0. The number of hydrogen-bond donors (Lipinski definition) is 1. The van der Waals surface area contributed by atoms with Crippen molar-refractivity contribution in [2.75, 3.05) is 5.32 Å². The Labute approximate surface area is 416 Å². The summed E-state index contributed by atoms with van der Waals surface area (Å²) in [5.41, 5.74) is 23.2. The number of rotatable bonds is 4. The Bertz CT molecular complexity index is 4010. The molecule has 4 heterocycles. The minimum atomic E-state index is -0.297. The first-order chi connectivity index (χ1) is 33.3. The van der Waals surface area contributed by atoms with E-state index in [4.69, 9.17) is 4.42 Å². The lowest BCUT2D eigenvalue weighted by Crippen LogP contribution is -2.37. The Kier molecular flexibility index (Phi) is 9.03. The molecule has 1 aliphatic heterocycles.